The van der Waals surface area contributed by atoms with E-state index in [1.54, 1.807) is 18.2 Å². The van der Waals surface area contributed by atoms with Gasteiger partial charge in [-0.3, -0.25) is 0 Å². The highest BCUT2D eigenvalue weighted by molar-refractivity contribution is 7.89. The molecule has 1 aromatic rings. The zero-order chi connectivity index (χ0) is 14.8. The number of benzene rings is 1. The van der Waals surface area contributed by atoms with Gasteiger partial charge in [0.1, 0.15) is 10.6 Å². The quantitative estimate of drug-likeness (QED) is 0.897. The maximum Gasteiger partial charge on any atom is 0.246 e. The molecule has 1 N–H and O–H groups in total. The van der Waals surface area contributed by atoms with Gasteiger partial charge in [0.05, 0.1) is 12.7 Å². The van der Waals surface area contributed by atoms with E-state index in [9.17, 15) is 13.5 Å². The number of likely N-dealkylation sites (N-methyl/N-ethyl adjacent to an activating group) is 1. The first-order chi connectivity index (χ1) is 9.39. The molecule has 0 heterocycles. The van der Waals surface area contributed by atoms with Crippen molar-refractivity contribution in [3.63, 3.8) is 0 Å². The summed E-state index contributed by atoms with van der Waals surface area (Å²) in [5.74, 6) is 0.317. The highest BCUT2D eigenvalue weighted by Gasteiger charge is 2.36. The molecule has 0 spiro atoms. The number of nitrogens with zero attached hydrogens (tertiary/aromatic N) is 1. The molecule has 0 amide bonds. The molecule has 112 valence electrons. The zero-order valence-corrected chi connectivity index (χ0v) is 12.7. The van der Waals surface area contributed by atoms with Crippen LogP contribution in [0.4, 0.5) is 0 Å². The Morgan fingerprint density at radius 1 is 1.30 bits per heavy atom. The summed E-state index contributed by atoms with van der Waals surface area (Å²) >= 11 is 0. The van der Waals surface area contributed by atoms with Gasteiger partial charge in [-0.15, -0.1) is 0 Å². The van der Waals surface area contributed by atoms with Gasteiger partial charge in [0.2, 0.25) is 10.0 Å². The first kappa shape index (κ1) is 15.3. The van der Waals surface area contributed by atoms with E-state index in [4.69, 9.17) is 4.74 Å². The van der Waals surface area contributed by atoms with Gasteiger partial charge in [0.15, 0.2) is 0 Å². The van der Waals surface area contributed by atoms with E-state index in [-0.39, 0.29) is 11.4 Å². The van der Waals surface area contributed by atoms with E-state index in [2.05, 4.69) is 0 Å². The molecule has 0 saturated heterocycles. The lowest BCUT2D eigenvalue weighted by molar-refractivity contribution is 0.0333. The van der Waals surface area contributed by atoms with Crippen LogP contribution in [-0.4, -0.2) is 44.1 Å². The smallest absolute Gasteiger partial charge is 0.246 e. The fourth-order valence-corrected chi connectivity index (χ4v) is 4.09. The van der Waals surface area contributed by atoms with Gasteiger partial charge in [-0.25, -0.2) is 8.42 Å². The average Bonchev–Trinajstić information content (AvgIpc) is 2.85. The zero-order valence-electron chi connectivity index (χ0n) is 11.9. The monoisotopic (exact) mass is 299 g/mol. The molecule has 2 rings (SSSR count). The predicted molar refractivity (Wildman–Crippen MR) is 76.2 cm³/mol. The molecule has 0 aromatic heterocycles. The third kappa shape index (κ3) is 2.97. The van der Waals surface area contributed by atoms with Crippen LogP contribution in [-0.2, 0) is 10.0 Å². The van der Waals surface area contributed by atoms with E-state index >= 15 is 0 Å². The van der Waals surface area contributed by atoms with E-state index in [0.717, 1.165) is 12.8 Å². The number of para-hydroxylation sites is 1. The Balaban J connectivity index is 2.25. The molecule has 0 bridgehead atoms. The lowest BCUT2D eigenvalue weighted by Crippen LogP contribution is -2.42. The van der Waals surface area contributed by atoms with Crippen LogP contribution in [0, 0.1) is 0 Å². The summed E-state index contributed by atoms with van der Waals surface area (Å²) in [6.45, 7) is 0.118. The molecule has 0 unspecified atom stereocenters. The van der Waals surface area contributed by atoms with Crippen molar-refractivity contribution in [2.24, 2.45) is 0 Å². The molecular weight excluding hydrogens is 278 g/mol. The predicted octanol–water partition coefficient (Wildman–Crippen LogP) is 1.62. The van der Waals surface area contributed by atoms with Crippen molar-refractivity contribution in [2.75, 3.05) is 20.7 Å². The second-order valence-electron chi connectivity index (χ2n) is 5.34. The first-order valence-corrected chi connectivity index (χ1v) is 8.15. The van der Waals surface area contributed by atoms with Gasteiger partial charge in [0.25, 0.3) is 0 Å². The summed E-state index contributed by atoms with van der Waals surface area (Å²) in [6, 6.07) is 6.52. The molecular formula is C14H21NO4S. The van der Waals surface area contributed by atoms with Crippen LogP contribution in [0.2, 0.25) is 0 Å². The largest absolute Gasteiger partial charge is 0.495 e. The van der Waals surface area contributed by atoms with Crippen LogP contribution in [0.15, 0.2) is 29.2 Å². The minimum atomic E-state index is -3.66. The number of methoxy groups -OCH3 is 1. The Kier molecular flexibility index (Phi) is 4.36. The van der Waals surface area contributed by atoms with E-state index < -0.39 is 15.6 Å². The van der Waals surface area contributed by atoms with Crippen molar-refractivity contribution in [3.05, 3.63) is 24.3 Å². The van der Waals surface area contributed by atoms with E-state index in [1.807, 2.05) is 0 Å². The SMILES string of the molecule is COc1ccccc1S(=O)(=O)N(C)CC1(O)CCCC1. The maximum absolute atomic E-state index is 12.6. The van der Waals surface area contributed by atoms with Gasteiger partial charge in [-0.2, -0.15) is 4.31 Å². The molecule has 5 nitrogen and oxygen atoms in total. The van der Waals surface area contributed by atoms with Gasteiger partial charge in [-0.05, 0) is 25.0 Å². The van der Waals surface area contributed by atoms with Crippen molar-refractivity contribution < 1.29 is 18.3 Å². The molecule has 1 aliphatic carbocycles. The molecule has 6 heteroatoms. The Labute approximate surface area is 120 Å². The summed E-state index contributed by atoms with van der Waals surface area (Å²) in [6.07, 6.45) is 3.19. The molecule has 0 aliphatic heterocycles. The molecule has 1 aliphatic rings. The third-order valence-electron chi connectivity index (χ3n) is 3.81. The second-order valence-corrected chi connectivity index (χ2v) is 7.36. The number of sulfonamides is 1. The maximum atomic E-state index is 12.6. The van der Waals surface area contributed by atoms with Crippen LogP contribution >= 0.6 is 0 Å². The lowest BCUT2D eigenvalue weighted by Gasteiger charge is -2.28. The van der Waals surface area contributed by atoms with Gasteiger partial charge < -0.3 is 9.84 Å². The molecule has 0 atom stereocenters. The topological polar surface area (TPSA) is 66.8 Å². The summed E-state index contributed by atoms with van der Waals surface area (Å²) < 4.78 is 31.5. The van der Waals surface area contributed by atoms with Crippen LogP contribution in [0.25, 0.3) is 0 Å². The van der Waals surface area contributed by atoms with Crippen LogP contribution < -0.4 is 4.74 Å². The number of rotatable bonds is 5. The number of hydrogen-bond acceptors (Lipinski definition) is 4. The fourth-order valence-electron chi connectivity index (χ4n) is 2.69. The molecule has 0 radical (unpaired) electrons. The lowest BCUT2D eigenvalue weighted by atomic mass is 10.0. The van der Waals surface area contributed by atoms with Crippen molar-refractivity contribution in [1.29, 1.82) is 0 Å². The minimum absolute atomic E-state index is 0.118. The van der Waals surface area contributed by atoms with Crippen LogP contribution in [0.5, 0.6) is 5.75 Å². The third-order valence-corrected chi connectivity index (χ3v) is 5.65. The van der Waals surface area contributed by atoms with Crippen molar-refractivity contribution in [3.8, 4) is 5.75 Å². The summed E-state index contributed by atoms with van der Waals surface area (Å²) in [5, 5.41) is 10.4. The first-order valence-electron chi connectivity index (χ1n) is 6.71. The van der Waals surface area contributed by atoms with Crippen molar-refractivity contribution >= 4 is 10.0 Å². The standard InChI is InChI=1S/C14H21NO4S/c1-15(11-14(16)9-5-6-10-14)20(17,18)13-8-4-3-7-12(13)19-2/h3-4,7-8,16H,5-6,9-11H2,1-2H3. The normalized spacial score (nSPS) is 18.4. The van der Waals surface area contributed by atoms with Gasteiger partial charge in [0, 0.05) is 13.6 Å². The molecule has 1 fully saturated rings. The fraction of sp³-hybridized carbons (Fsp3) is 0.571. The summed E-state index contributed by atoms with van der Waals surface area (Å²) in [7, 11) is -0.718. The Morgan fingerprint density at radius 2 is 1.90 bits per heavy atom. The minimum Gasteiger partial charge on any atom is -0.495 e. The van der Waals surface area contributed by atoms with Gasteiger partial charge >= 0.3 is 0 Å². The Morgan fingerprint density at radius 3 is 2.50 bits per heavy atom. The van der Waals surface area contributed by atoms with Crippen LogP contribution in [0.3, 0.4) is 0 Å². The second kappa shape index (κ2) is 5.71. The highest BCUT2D eigenvalue weighted by atomic mass is 32.2. The van der Waals surface area contributed by atoms with Crippen LogP contribution in [0.1, 0.15) is 25.7 Å². The van der Waals surface area contributed by atoms with E-state index in [1.165, 1.54) is 24.5 Å². The average molecular weight is 299 g/mol. The van der Waals surface area contributed by atoms with E-state index in [0.29, 0.717) is 18.6 Å². The number of aliphatic hydroxyl groups is 1. The van der Waals surface area contributed by atoms with Crippen molar-refractivity contribution in [2.45, 2.75) is 36.2 Å². The van der Waals surface area contributed by atoms with Crippen molar-refractivity contribution in [1.82, 2.24) is 4.31 Å². The molecule has 1 aromatic carbocycles. The molecule has 20 heavy (non-hydrogen) atoms. The Bertz CT molecular complexity index is 564. The number of ether oxygens (including phenoxy) is 1. The summed E-state index contributed by atoms with van der Waals surface area (Å²) in [4.78, 5) is 0.131. The molecule has 1 saturated carbocycles. The summed E-state index contributed by atoms with van der Waals surface area (Å²) in [5.41, 5.74) is -0.899. The Hall–Kier alpha value is -1.11. The number of hydrogen-bond donors (Lipinski definition) is 1. The highest BCUT2D eigenvalue weighted by Crippen LogP contribution is 2.32. The van der Waals surface area contributed by atoms with Gasteiger partial charge in [-0.1, -0.05) is 25.0 Å².